The quantitative estimate of drug-likeness (QED) is 0.812. The molecule has 6 nitrogen and oxygen atoms in total. The van der Waals surface area contributed by atoms with Crippen LogP contribution < -0.4 is 15.2 Å². The van der Waals surface area contributed by atoms with Crippen molar-refractivity contribution in [3.63, 3.8) is 0 Å². The van der Waals surface area contributed by atoms with E-state index in [4.69, 9.17) is 15.2 Å². The van der Waals surface area contributed by atoms with E-state index in [0.717, 1.165) is 18.6 Å². The van der Waals surface area contributed by atoms with Gasteiger partial charge in [-0.05, 0) is 31.4 Å². The number of nitrogens with zero attached hydrogens (tertiary/aromatic N) is 2. The van der Waals surface area contributed by atoms with Crippen molar-refractivity contribution in [3.8, 4) is 11.5 Å². The van der Waals surface area contributed by atoms with Gasteiger partial charge in [-0.1, -0.05) is 38.2 Å². The molecule has 1 atom stereocenters. The van der Waals surface area contributed by atoms with Gasteiger partial charge in [0.25, 0.3) is 5.91 Å². The number of ether oxygens (including phenoxy) is 2. The first kappa shape index (κ1) is 18.5. The highest BCUT2D eigenvalue weighted by Crippen LogP contribution is 2.36. The molecule has 6 heteroatoms. The third-order valence-electron chi connectivity index (χ3n) is 5.32. The van der Waals surface area contributed by atoms with Gasteiger partial charge in [0.1, 0.15) is 18.1 Å². The molecule has 2 N–H and O–H groups in total. The molecule has 0 aromatic heterocycles. The summed E-state index contributed by atoms with van der Waals surface area (Å²) in [6, 6.07) is 7.48. The highest BCUT2D eigenvalue weighted by Gasteiger charge is 2.48. The fourth-order valence-corrected chi connectivity index (χ4v) is 3.94. The van der Waals surface area contributed by atoms with Crippen LogP contribution in [0.4, 0.5) is 0 Å². The second kappa shape index (κ2) is 7.98. The van der Waals surface area contributed by atoms with Gasteiger partial charge in [0.15, 0.2) is 11.5 Å². The van der Waals surface area contributed by atoms with E-state index in [1.807, 2.05) is 31.2 Å². The third-order valence-corrected chi connectivity index (χ3v) is 5.32. The summed E-state index contributed by atoms with van der Waals surface area (Å²) in [5.41, 5.74) is 5.05. The first-order valence-electron chi connectivity index (χ1n) is 9.53. The van der Waals surface area contributed by atoms with Crippen molar-refractivity contribution in [1.82, 2.24) is 4.90 Å². The number of benzene rings is 1. The average molecular weight is 359 g/mol. The largest absolute Gasteiger partial charge is 0.494 e. The Morgan fingerprint density at radius 2 is 1.92 bits per heavy atom. The fraction of sp³-hybridized carbons (Fsp3) is 0.600. The molecule has 1 heterocycles. The molecule has 1 saturated carbocycles. The van der Waals surface area contributed by atoms with Crippen LogP contribution >= 0.6 is 0 Å². The molecular formula is C20H29N3O3. The van der Waals surface area contributed by atoms with Gasteiger partial charge in [-0.2, -0.15) is 0 Å². The number of rotatable bonds is 7. The zero-order chi connectivity index (χ0) is 18.6. The van der Waals surface area contributed by atoms with E-state index in [9.17, 15) is 4.79 Å². The first-order chi connectivity index (χ1) is 12.5. The number of hydrogen-bond acceptors (Lipinski definition) is 5. The van der Waals surface area contributed by atoms with Crippen molar-refractivity contribution in [2.24, 2.45) is 16.6 Å². The van der Waals surface area contributed by atoms with Gasteiger partial charge in [0, 0.05) is 13.1 Å². The molecular weight excluding hydrogens is 330 g/mol. The van der Waals surface area contributed by atoms with Crippen LogP contribution in [0.2, 0.25) is 0 Å². The minimum absolute atomic E-state index is 0.0680. The van der Waals surface area contributed by atoms with Gasteiger partial charge in [-0.15, -0.1) is 0 Å². The van der Waals surface area contributed by atoms with Crippen molar-refractivity contribution >= 4 is 11.9 Å². The summed E-state index contributed by atoms with van der Waals surface area (Å²) in [5.74, 6) is 2.13. The van der Waals surface area contributed by atoms with Crippen LogP contribution in [-0.2, 0) is 4.79 Å². The Morgan fingerprint density at radius 3 is 2.54 bits per heavy atom. The number of carbonyl (C=O) groups is 1. The summed E-state index contributed by atoms with van der Waals surface area (Å²) < 4.78 is 11.5. The molecule has 0 bridgehead atoms. The Labute approximate surface area is 155 Å². The van der Waals surface area contributed by atoms with Crippen LogP contribution in [0.3, 0.4) is 0 Å². The summed E-state index contributed by atoms with van der Waals surface area (Å²) in [6.45, 7) is 2.74. The first-order valence-corrected chi connectivity index (χ1v) is 9.53. The van der Waals surface area contributed by atoms with Crippen LogP contribution in [0.1, 0.15) is 45.4 Å². The van der Waals surface area contributed by atoms with E-state index in [1.54, 1.807) is 7.05 Å². The van der Waals surface area contributed by atoms with Gasteiger partial charge in [0.2, 0.25) is 0 Å². The molecule has 1 aromatic carbocycles. The standard InChI is InChI=1S/C20H29N3O3/c1-3-25-16-10-7-11-17(12-16)26-14-20(13-15-8-5-4-6-9-15)18(24)23(2)19(21)22-20/h7,10-12,15H,3-6,8-9,13-14H2,1-2H3,(H2,21,22). The van der Waals surface area contributed by atoms with Gasteiger partial charge in [-0.3, -0.25) is 9.69 Å². The van der Waals surface area contributed by atoms with Crippen LogP contribution in [0.15, 0.2) is 29.3 Å². The molecule has 2 aliphatic rings. The fourth-order valence-electron chi connectivity index (χ4n) is 3.94. The summed E-state index contributed by atoms with van der Waals surface area (Å²) >= 11 is 0. The second-order valence-corrected chi connectivity index (χ2v) is 7.27. The Morgan fingerprint density at radius 1 is 1.23 bits per heavy atom. The number of hydrogen-bond donors (Lipinski definition) is 1. The minimum atomic E-state index is -0.914. The predicted octanol–water partition coefficient (Wildman–Crippen LogP) is 2.96. The van der Waals surface area contributed by atoms with Crippen molar-refractivity contribution in [3.05, 3.63) is 24.3 Å². The molecule has 0 radical (unpaired) electrons. The third kappa shape index (κ3) is 3.94. The van der Waals surface area contributed by atoms with E-state index in [-0.39, 0.29) is 18.5 Å². The molecule has 1 fully saturated rings. The van der Waals surface area contributed by atoms with Crippen molar-refractivity contribution in [1.29, 1.82) is 0 Å². The van der Waals surface area contributed by atoms with E-state index < -0.39 is 5.54 Å². The zero-order valence-corrected chi connectivity index (χ0v) is 15.7. The predicted molar refractivity (Wildman–Crippen MR) is 101 cm³/mol. The molecule has 1 aliphatic carbocycles. The van der Waals surface area contributed by atoms with Crippen LogP contribution in [0, 0.1) is 5.92 Å². The van der Waals surface area contributed by atoms with Gasteiger partial charge >= 0.3 is 0 Å². The maximum Gasteiger partial charge on any atom is 0.260 e. The van der Waals surface area contributed by atoms with Crippen LogP contribution in [0.5, 0.6) is 11.5 Å². The van der Waals surface area contributed by atoms with Gasteiger partial charge < -0.3 is 15.2 Å². The average Bonchev–Trinajstić information content (AvgIpc) is 2.86. The van der Waals surface area contributed by atoms with E-state index >= 15 is 0 Å². The molecule has 1 aliphatic heterocycles. The maximum atomic E-state index is 12.9. The second-order valence-electron chi connectivity index (χ2n) is 7.27. The van der Waals surface area contributed by atoms with E-state index in [0.29, 0.717) is 24.7 Å². The lowest BCUT2D eigenvalue weighted by Gasteiger charge is -2.31. The lowest BCUT2D eigenvalue weighted by atomic mass is 9.79. The van der Waals surface area contributed by atoms with E-state index in [1.165, 1.54) is 24.2 Å². The molecule has 1 unspecified atom stereocenters. The normalized spacial score (nSPS) is 23.8. The summed E-state index contributed by atoms with van der Waals surface area (Å²) in [5, 5.41) is 0. The summed E-state index contributed by atoms with van der Waals surface area (Å²) in [6.07, 6.45) is 6.72. The number of guanidine groups is 1. The monoisotopic (exact) mass is 359 g/mol. The lowest BCUT2D eigenvalue weighted by Crippen LogP contribution is -2.47. The molecule has 3 rings (SSSR count). The Balaban J connectivity index is 1.76. The number of aliphatic imine (C=N–C) groups is 1. The smallest absolute Gasteiger partial charge is 0.260 e. The molecule has 142 valence electrons. The summed E-state index contributed by atoms with van der Waals surface area (Å²) in [4.78, 5) is 18.9. The molecule has 0 saturated heterocycles. The Hall–Kier alpha value is -2.24. The van der Waals surface area contributed by atoms with Crippen LogP contribution in [0.25, 0.3) is 0 Å². The Bertz CT molecular complexity index is 670. The highest BCUT2D eigenvalue weighted by atomic mass is 16.5. The molecule has 26 heavy (non-hydrogen) atoms. The minimum Gasteiger partial charge on any atom is -0.494 e. The number of amides is 1. The van der Waals surface area contributed by atoms with Gasteiger partial charge in [-0.25, -0.2) is 4.99 Å². The topological polar surface area (TPSA) is 77.2 Å². The molecule has 0 spiro atoms. The van der Waals surface area contributed by atoms with Crippen LogP contribution in [-0.4, -0.2) is 42.6 Å². The molecule has 1 aromatic rings. The summed E-state index contributed by atoms with van der Waals surface area (Å²) in [7, 11) is 1.68. The van der Waals surface area contributed by atoms with Crippen molar-refractivity contribution in [2.45, 2.75) is 51.0 Å². The number of likely N-dealkylation sites (N-methyl/N-ethyl adjacent to an activating group) is 1. The lowest BCUT2D eigenvalue weighted by molar-refractivity contribution is -0.132. The maximum absolute atomic E-state index is 12.9. The van der Waals surface area contributed by atoms with E-state index in [2.05, 4.69) is 4.99 Å². The zero-order valence-electron chi connectivity index (χ0n) is 15.7. The van der Waals surface area contributed by atoms with Crippen molar-refractivity contribution < 1.29 is 14.3 Å². The SMILES string of the molecule is CCOc1cccc(OCC2(CC3CCCCC3)N=C(N)N(C)C2=O)c1. The molecule has 1 amide bonds. The Kier molecular flexibility index (Phi) is 5.69. The number of carbonyl (C=O) groups excluding carboxylic acids is 1. The number of nitrogens with two attached hydrogens (primary N) is 1. The highest BCUT2D eigenvalue weighted by molar-refractivity contribution is 6.06. The van der Waals surface area contributed by atoms with Gasteiger partial charge in [0.05, 0.1) is 6.61 Å². The van der Waals surface area contributed by atoms with Crippen molar-refractivity contribution in [2.75, 3.05) is 20.3 Å².